The number of carbonyl (C=O) groups is 1. The number of carbonyl (C=O) groups excluding carboxylic acids is 1. The molecule has 4 nitrogen and oxygen atoms in total. The SMILES string of the molecule is CC(C)CCCN1C[C@@H](CN(C)CC(C)S)OC1=O. The van der Waals surface area contributed by atoms with Crippen LogP contribution >= 0.6 is 12.6 Å². The monoisotopic (exact) mass is 288 g/mol. The van der Waals surface area contributed by atoms with Crippen LogP contribution in [0.5, 0.6) is 0 Å². The highest BCUT2D eigenvalue weighted by atomic mass is 32.1. The molecule has 1 aliphatic heterocycles. The van der Waals surface area contributed by atoms with Gasteiger partial charge in [0.25, 0.3) is 0 Å². The normalized spacial score (nSPS) is 21.3. The Morgan fingerprint density at radius 3 is 2.74 bits per heavy atom. The Morgan fingerprint density at radius 1 is 1.47 bits per heavy atom. The lowest BCUT2D eigenvalue weighted by atomic mass is 10.1. The summed E-state index contributed by atoms with van der Waals surface area (Å²) in [6.45, 7) is 9.72. The van der Waals surface area contributed by atoms with Crippen molar-refractivity contribution < 1.29 is 9.53 Å². The molecule has 1 heterocycles. The highest BCUT2D eigenvalue weighted by Crippen LogP contribution is 2.14. The van der Waals surface area contributed by atoms with Crippen LogP contribution in [0.4, 0.5) is 4.79 Å². The van der Waals surface area contributed by atoms with Crippen LogP contribution in [0.1, 0.15) is 33.6 Å². The zero-order valence-electron chi connectivity index (χ0n) is 12.6. The molecule has 1 unspecified atom stereocenters. The largest absolute Gasteiger partial charge is 0.443 e. The molecule has 2 atom stereocenters. The van der Waals surface area contributed by atoms with Crippen molar-refractivity contribution in [3.8, 4) is 0 Å². The van der Waals surface area contributed by atoms with E-state index in [9.17, 15) is 4.79 Å². The molecule has 1 saturated heterocycles. The Kier molecular flexibility index (Phi) is 7.00. The van der Waals surface area contributed by atoms with Crippen LogP contribution in [0.25, 0.3) is 0 Å². The molecule has 1 rings (SSSR count). The molecule has 0 aromatic carbocycles. The lowest BCUT2D eigenvalue weighted by Crippen LogP contribution is -2.35. The van der Waals surface area contributed by atoms with E-state index in [1.807, 2.05) is 11.9 Å². The predicted octanol–water partition coefficient (Wildman–Crippen LogP) is 2.49. The third-order valence-electron chi connectivity index (χ3n) is 3.25. The molecule has 0 radical (unpaired) electrons. The average molecular weight is 288 g/mol. The van der Waals surface area contributed by atoms with E-state index in [0.717, 1.165) is 39.0 Å². The summed E-state index contributed by atoms with van der Waals surface area (Å²) in [7, 11) is 2.04. The third-order valence-corrected chi connectivity index (χ3v) is 3.41. The van der Waals surface area contributed by atoms with Gasteiger partial charge >= 0.3 is 6.09 Å². The zero-order chi connectivity index (χ0) is 14.4. The average Bonchev–Trinajstić information content (AvgIpc) is 2.57. The molecular formula is C14H28N2O2S. The molecule has 0 bridgehead atoms. The van der Waals surface area contributed by atoms with Crippen molar-refractivity contribution >= 4 is 18.7 Å². The Bertz CT molecular complexity index is 285. The lowest BCUT2D eigenvalue weighted by Gasteiger charge is -2.21. The van der Waals surface area contributed by atoms with Gasteiger partial charge in [0.15, 0.2) is 0 Å². The Hall–Kier alpha value is -0.420. The van der Waals surface area contributed by atoms with E-state index in [4.69, 9.17) is 4.74 Å². The van der Waals surface area contributed by atoms with E-state index in [1.165, 1.54) is 0 Å². The van der Waals surface area contributed by atoms with Gasteiger partial charge in [0.2, 0.25) is 0 Å². The van der Waals surface area contributed by atoms with Gasteiger partial charge in [-0.15, -0.1) is 0 Å². The molecule has 0 spiro atoms. The van der Waals surface area contributed by atoms with Gasteiger partial charge in [0, 0.05) is 24.9 Å². The number of amides is 1. The van der Waals surface area contributed by atoms with Crippen molar-refractivity contribution in [2.24, 2.45) is 5.92 Å². The van der Waals surface area contributed by atoms with E-state index >= 15 is 0 Å². The van der Waals surface area contributed by atoms with Crippen molar-refractivity contribution in [2.75, 3.05) is 33.2 Å². The molecule has 1 fully saturated rings. The van der Waals surface area contributed by atoms with Gasteiger partial charge in [0.1, 0.15) is 6.10 Å². The second kappa shape index (κ2) is 8.00. The number of ether oxygens (including phenoxy) is 1. The van der Waals surface area contributed by atoms with E-state index in [0.29, 0.717) is 11.2 Å². The smallest absolute Gasteiger partial charge is 0.410 e. The summed E-state index contributed by atoms with van der Waals surface area (Å²) in [6, 6.07) is 0. The highest BCUT2D eigenvalue weighted by molar-refractivity contribution is 7.80. The number of nitrogens with zero attached hydrogens (tertiary/aromatic N) is 2. The summed E-state index contributed by atoms with van der Waals surface area (Å²) in [5, 5.41) is 0.337. The van der Waals surface area contributed by atoms with Crippen LogP contribution in [0.3, 0.4) is 0 Å². The minimum Gasteiger partial charge on any atom is -0.443 e. The van der Waals surface area contributed by atoms with Crippen molar-refractivity contribution in [1.82, 2.24) is 9.80 Å². The summed E-state index contributed by atoms with van der Waals surface area (Å²) in [5.74, 6) is 0.692. The number of hydrogen-bond acceptors (Lipinski definition) is 4. The first kappa shape index (κ1) is 16.6. The second-order valence-electron chi connectivity index (χ2n) is 6.06. The van der Waals surface area contributed by atoms with Gasteiger partial charge in [-0.05, 0) is 25.8 Å². The van der Waals surface area contributed by atoms with Crippen molar-refractivity contribution in [3.63, 3.8) is 0 Å². The lowest BCUT2D eigenvalue weighted by molar-refractivity contribution is 0.113. The number of rotatable bonds is 8. The van der Waals surface area contributed by atoms with Crippen LogP contribution < -0.4 is 0 Å². The molecule has 0 N–H and O–H groups in total. The van der Waals surface area contributed by atoms with Gasteiger partial charge in [-0.1, -0.05) is 20.8 Å². The third kappa shape index (κ3) is 6.52. The van der Waals surface area contributed by atoms with E-state index < -0.39 is 0 Å². The summed E-state index contributed by atoms with van der Waals surface area (Å²) >= 11 is 4.37. The maximum absolute atomic E-state index is 11.7. The Morgan fingerprint density at radius 2 is 2.16 bits per heavy atom. The van der Waals surface area contributed by atoms with Crippen LogP contribution in [0, 0.1) is 5.92 Å². The van der Waals surface area contributed by atoms with Gasteiger partial charge in [-0.3, -0.25) is 0 Å². The summed E-state index contributed by atoms with van der Waals surface area (Å²) in [6.07, 6.45) is 2.07. The van der Waals surface area contributed by atoms with Crippen LogP contribution in [-0.4, -0.2) is 60.5 Å². The Labute approximate surface area is 122 Å². The molecule has 0 aliphatic carbocycles. The second-order valence-corrected chi connectivity index (χ2v) is 6.94. The molecule has 0 aromatic rings. The number of hydrogen-bond donors (Lipinski definition) is 1. The first-order valence-corrected chi connectivity index (χ1v) is 7.72. The quantitative estimate of drug-likeness (QED) is 0.697. The van der Waals surface area contributed by atoms with Gasteiger partial charge in [-0.25, -0.2) is 4.79 Å². The maximum atomic E-state index is 11.7. The summed E-state index contributed by atoms with van der Waals surface area (Å²) in [4.78, 5) is 15.7. The first-order valence-electron chi connectivity index (χ1n) is 7.20. The fourth-order valence-electron chi connectivity index (χ4n) is 2.42. The molecule has 112 valence electrons. The first-order chi connectivity index (χ1) is 8.88. The fourth-order valence-corrected chi connectivity index (χ4v) is 2.69. The van der Waals surface area contributed by atoms with Crippen LogP contribution in [0.15, 0.2) is 0 Å². The minimum atomic E-state index is -0.152. The van der Waals surface area contributed by atoms with Crippen LogP contribution in [0.2, 0.25) is 0 Å². The number of cyclic esters (lactones) is 1. The topological polar surface area (TPSA) is 32.8 Å². The van der Waals surface area contributed by atoms with Crippen molar-refractivity contribution in [2.45, 2.75) is 45.0 Å². The van der Waals surface area contributed by atoms with Gasteiger partial charge in [0.05, 0.1) is 6.54 Å². The standard InChI is InChI=1S/C14H28N2O2S/c1-11(2)6-5-7-16-10-13(18-14(16)17)9-15(4)8-12(3)19/h11-13,19H,5-10H2,1-4H3/t12?,13-/m1/s1. The van der Waals surface area contributed by atoms with Gasteiger partial charge < -0.3 is 14.5 Å². The number of thiol groups is 1. The maximum Gasteiger partial charge on any atom is 0.410 e. The molecule has 1 amide bonds. The van der Waals surface area contributed by atoms with E-state index in [2.05, 4.69) is 38.3 Å². The summed E-state index contributed by atoms with van der Waals surface area (Å²) in [5.41, 5.74) is 0. The van der Waals surface area contributed by atoms with Crippen molar-refractivity contribution in [3.05, 3.63) is 0 Å². The molecule has 19 heavy (non-hydrogen) atoms. The molecule has 1 aliphatic rings. The van der Waals surface area contributed by atoms with Crippen LogP contribution in [-0.2, 0) is 4.74 Å². The molecule has 0 aromatic heterocycles. The van der Waals surface area contributed by atoms with Gasteiger partial charge in [-0.2, -0.15) is 12.6 Å². The highest BCUT2D eigenvalue weighted by Gasteiger charge is 2.31. The van der Waals surface area contributed by atoms with Crippen molar-refractivity contribution in [1.29, 1.82) is 0 Å². The fraction of sp³-hybridized carbons (Fsp3) is 0.929. The van der Waals surface area contributed by atoms with E-state index in [1.54, 1.807) is 0 Å². The Balaban J connectivity index is 2.27. The molecule has 0 saturated carbocycles. The zero-order valence-corrected chi connectivity index (χ0v) is 13.5. The molecule has 5 heteroatoms. The predicted molar refractivity (Wildman–Crippen MR) is 81.9 cm³/mol. The summed E-state index contributed by atoms with van der Waals surface area (Å²) < 4.78 is 5.40. The van der Waals surface area contributed by atoms with E-state index in [-0.39, 0.29) is 12.2 Å². The molecular weight excluding hydrogens is 260 g/mol. The minimum absolute atomic E-state index is 0.00336. The number of likely N-dealkylation sites (N-methyl/N-ethyl adjacent to an activating group) is 1.